The molecule has 0 spiro atoms. The number of nitrogens with one attached hydrogen (secondary N) is 1. The van der Waals surface area contributed by atoms with Crippen molar-refractivity contribution in [2.75, 3.05) is 11.9 Å². The van der Waals surface area contributed by atoms with E-state index in [0.29, 0.717) is 24.7 Å². The van der Waals surface area contributed by atoms with Crippen LogP contribution in [0.5, 0.6) is 0 Å². The maximum absolute atomic E-state index is 10.7. The van der Waals surface area contributed by atoms with E-state index in [-0.39, 0.29) is 11.5 Å². The van der Waals surface area contributed by atoms with E-state index in [9.17, 15) is 10.1 Å². The van der Waals surface area contributed by atoms with Crippen molar-refractivity contribution in [1.29, 1.82) is 0 Å². The molecule has 0 aliphatic heterocycles. The summed E-state index contributed by atoms with van der Waals surface area (Å²) in [5.74, 6) is 1.28. The standard InChI is InChI=1S/C9H12N6O3/c1-6-11-8(18-13-6)3-4-10-9-7(15(16)17)5-14(2)12-9/h5H,3-4H2,1-2H3,(H,10,12). The highest BCUT2D eigenvalue weighted by Gasteiger charge is 2.17. The van der Waals surface area contributed by atoms with E-state index in [4.69, 9.17) is 4.52 Å². The molecular formula is C9H12N6O3. The lowest BCUT2D eigenvalue weighted by Gasteiger charge is -1.99. The van der Waals surface area contributed by atoms with Gasteiger partial charge in [-0.05, 0) is 6.92 Å². The quantitative estimate of drug-likeness (QED) is 0.614. The Labute approximate surface area is 102 Å². The molecule has 0 bridgehead atoms. The third-order valence-electron chi connectivity index (χ3n) is 2.21. The molecule has 2 aromatic rings. The molecule has 0 radical (unpaired) electrons. The van der Waals surface area contributed by atoms with E-state index in [1.54, 1.807) is 14.0 Å². The molecule has 0 saturated carbocycles. The molecule has 2 rings (SSSR count). The maximum atomic E-state index is 10.7. The van der Waals surface area contributed by atoms with Crippen LogP contribution >= 0.6 is 0 Å². The lowest BCUT2D eigenvalue weighted by atomic mass is 10.4. The third-order valence-corrected chi connectivity index (χ3v) is 2.21. The van der Waals surface area contributed by atoms with E-state index in [1.807, 2.05) is 0 Å². The smallest absolute Gasteiger partial charge is 0.330 e. The summed E-state index contributed by atoms with van der Waals surface area (Å²) in [7, 11) is 1.62. The number of aromatic nitrogens is 4. The van der Waals surface area contributed by atoms with Crippen molar-refractivity contribution < 1.29 is 9.45 Å². The molecule has 0 unspecified atom stereocenters. The van der Waals surface area contributed by atoms with E-state index in [0.717, 1.165) is 0 Å². The Morgan fingerprint density at radius 1 is 1.61 bits per heavy atom. The number of rotatable bonds is 5. The van der Waals surface area contributed by atoms with Crippen LogP contribution in [0, 0.1) is 17.0 Å². The third kappa shape index (κ3) is 2.62. The van der Waals surface area contributed by atoms with E-state index < -0.39 is 4.92 Å². The molecule has 0 atom stereocenters. The lowest BCUT2D eigenvalue weighted by Crippen LogP contribution is -2.07. The van der Waals surface area contributed by atoms with Gasteiger partial charge in [-0.3, -0.25) is 14.8 Å². The normalized spacial score (nSPS) is 10.6. The van der Waals surface area contributed by atoms with Gasteiger partial charge in [0, 0.05) is 20.0 Å². The summed E-state index contributed by atoms with van der Waals surface area (Å²) >= 11 is 0. The van der Waals surface area contributed by atoms with Crippen LogP contribution in [0.15, 0.2) is 10.7 Å². The van der Waals surface area contributed by atoms with Gasteiger partial charge in [0.05, 0.1) is 4.92 Å². The summed E-state index contributed by atoms with van der Waals surface area (Å²) < 4.78 is 6.31. The fourth-order valence-electron chi connectivity index (χ4n) is 1.46. The summed E-state index contributed by atoms with van der Waals surface area (Å²) in [5, 5.41) is 21.2. The molecular weight excluding hydrogens is 240 g/mol. The van der Waals surface area contributed by atoms with Gasteiger partial charge < -0.3 is 9.84 Å². The Kier molecular flexibility index (Phi) is 3.22. The lowest BCUT2D eigenvalue weighted by molar-refractivity contribution is -0.384. The zero-order valence-corrected chi connectivity index (χ0v) is 9.95. The van der Waals surface area contributed by atoms with Crippen LogP contribution in [0.3, 0.4) is 0 Å². The number of hydrogen-bond donors (Lipinski definition) is 1. The van der Waals surface area contributed by atoms with Crippen molar-refractivity contribution >= 4 is 11.5 Å². The molecule has 0 fully saturated rings. The Morgan fingerprint density at radius 3 is 3.00 bits per heavy atom. The van der Waals surface area contributed by atoms with Crippen molar-refractivity contribution in [3.8, 4) is 0 Å². The molecule has 96 valence electrons. The van der Waals surface area contributed by atoms with Gasteiger partial charge in [-0.15, -0.1) is 5.10 Å². The van der Waals surface area contributed by atoms with Crippen LogP contribution in [-0.4, -0.2) is 31.4 Å². The summed E-state index contributed by atoms with van der Waals surface area (Å²) in [4.78, 5) is 14.3. The first-order valence-corrected chi connectivity index (χ1v) is 5.27. The van der Waals surface area contributed by atoms with Crippen LogP contribution in [0.25, 0.3) is 0 Å². The number of aryl methyl sites for hydroxylation is 2. The van der Waals surface area contributed by atoms with Crippen LogP contribution < -0.4 is 5.32 Å². The van der Waals surface area contributed by atoms with Crippen LogP contribution in [-0.2, 0) is 13.5 Å². The minimum absolute atomic E-state index is 0.0563. The second-order valence-electron chi connectivity index (χ2n) is 3.71. The monoisotopic (exact) mass is 252 g/mol. The van der Waals surface area contributed by atoms with Crippen molar-refractivity contribution in [1.82, 2.24) is 19.9 Å². The average Bonchev–Trinajstić information content (AvgIpc) is 2.85. The second kappa shape index (κ2) is 4.82. The Morgan fingerprint density at radius 2 is 2.39 bits per heavy atom. The minimum Gasteiger partial charge on any atom is -0.362 e. The van der Waals surface area contributed by atoms with Gasteiger partial charge in [-0.25, -0.2) is 0 Å². The topological polar surface area (TPSA) is 112 Å². The molecule has 0 amide bonds. The SMILES string of the molecule is Cc1noc(CCNc2nn(C)cc2[N+](=O)[O-])n1. The van der Waals surface area contributed by atoms with E-state index in [1.165, 1.54) is 10.9 Å². The molecule has 0 saturated heterocycles. The summed E-state index contributed by atoms with van der Waals surface area (Å²) in [6, 6.07) is 0. The van der Waals surface area contributed by atoms with Crippen LogP contribution in [0.4, 0.5) is 11.5 Å². The first-order chi connectivity index (χ1) is 8.56. The van der Waals surface area contributed by atoms with E-state index in [2.05, 4.69) is 20.6 Å². The van der Waals surface area contributed by atoms with Crippen molar-refractivity contribution in [3.05, 3.63) is 28.0 Å². The van der Waals surface area contributed by atoms with Gasteiger partial charge in [-0.1, -0.05) is 5.16 Å². The molecule has 9 nitrogen and oxygen atoms in total. The van der Waals surface area contributed by atoms with Crippen LogP contribution in [0.2, 0.25) is 0 Å². The summed E-state index contributed by atoms with van der Waals surface area (Å²) in [6.07, 6.45) is 1.83. The predicted octanol–water partition coefficient (Wildman–Crippen LogP) is 0.674. The summed E-state index contributed by atoms with van der Waals surface area (Å²) in [6.45, 7) is 2.16. The van der Waals surface area contributed by atoms with Gasteiger partial charge >= 0.3 is 5.69 Å². The van der Waals surface area contributed by atoms with Crippen molar-refractivity contribution in [2.45, 2.75) is 13.3 Å². The van der Waals surface area contributed by atoms with Gasteiger partial charge in [0.25, 0.3) is 0 Å². The Bertz CT molecular complexity index is 560. The van der Waals surface area contributed by atoms with Crippen molar-refractivity contribution in [2.24, 2.45) is 7.05 Å². The predicted molar refractivity (Wildman–Crippen MR) is 61.1 cm³/mol. The molecule has 2 heterocycles. The number of nitro groups is 1. The highest BCUT2D eigenvalue weighted by Crippen LogP contribution is 2.21. The fraction of sp³-hybridized carbons (Fsp3) is 0.444. The van der Waals surface area contributed by atoms with Crippen LogP contribution in [0.1, 0.15) is 11.7 Å². The maximum Gasteiger partial charge on any atom is 0.330 e. The molecule has 0 aliphatic carbocycles. The molecule has 1 N–H and O–H groups in total. The Balaban J connectivity index is 1.96. The second-order valence-corrected chi connectivity index (χ2v) is 3.71. The first kappa shape index (κ1) is 12.0. The Hall–Kier alpha value is -2.45. The minimum atomic E-state index is -0.480. The largest absolute Gasteiger partial charge is 0.362 e. The van der Waals surface area contributed by atoms with Crippen molar-refractivity contribution in [3.63, 3.8) is 0 Å². The fourth-order valence-corrected chi connectivity index (χ4v) is 1.46. The summed E-state index contributed by atoms with van der Waals surface area (Å²) in [5.41, 5.74) is -0.0563. The molecule has 0 aromatic carbocycles. The average molecular weight is 252 g/mol. The molecule has 9 heteroatoms. The number of anilines is 1. The number of hydrogen-bond acceptors (Lipinski definition) is 7. The van der Waals surface area contributed by atoms with Gasteiger partial charge in [0.2, 0.25) is 11.7 Å². The zero-order chi connectivity index (χ0) is 13.1. The van der Waals surface area contributed by atoms with E-state index >= 15 is 0 Å². The highest BCUT2D eigenvalue weighted by atomic mass is 16.6. The van der Waals surface area contributed by atoms with Gasteiger partial charge in [-0.2, -0.15) is 4.98 Å². The zero-order valence-electron chi connectivity index (χ0n) is 9.95. The van der Waals surface area contributed by atoms with Gasteiger partial charge in [0.15, 0.2) is 5.82 Å². The first-order valence-electron chi connectivity index (χ1n) is 5.27. The highest BCUT2D eigenvalue weighted by molar-refractivity contribution is 5.54. The van der Waals surface area contributed by atoms with Gasteiger partial charge in [0.1, 0.15) is 6.20 Å². The molecule has 2 aromatic heterocycles. The molecule has 0 aliphatic rings. The molecule has 18 heavy (non-hydrogen) atoms. The number of nitrogens with zero attached hydrogens (tertiary/aromatic N) is 5.